The predicted octanol–water partition coefficient (Wildman–Crippen LogP) is 2.26. The van der Waals surface area contributed by atoms with Crippen LogP contribution in [0.5, 0.6) is 5.75 Å². The van der Waals surface area contributed by atoms with Crippen molar-refractivity contribution in [1.82, 2.24) is 0 Å². The van der Waals surface area contributed by atoms with Crippen LogP contribution < -0.4 is 10.5 Å². The number of hydrogen-bond acceptors (Lipinski definition) is 2. The lowest BCUT2D eigenvalue weighted by Gasteiger charge is -2.32. The maximum absolute atomic E-state index is 12.7. The maximum atomic E-state index is 12.7. The number of ether oxygens (including phenoxy) is 1. The smallest absolute Gasteiger partial charge is 0.162 e. The second-order valence-electron chi connectivity index (χ2n) is 3.55. The maximum Gasteiger partial charge on any atom is 0.162 e. The van der Waals surface area contributed by atoms with Gasteiger partial charge in [-0.25, -0.2) is 8.78 Å². The lowest BCUT2D eigenvalue weighted by molar-refractivity contribution is 0.100. The zero-order valence-electron chi connectivity index (χ0n) is 7.95. The third-order valence-corrected chi connectivity index (χ3v) is 2.33. The molecule has 0 bridgehead atoms. The van der Waals surface area contributed by atoms with E-state index in [1.807, 2.05) is 0 Å². The van der Waals surface area contributed by atoms with Crippen LogP contribution in [-0.4, -0.2) is 12.1 Å². The van der Waals surface area contributed by atoms with Crippen molar-refractivity contribution in [3.05, 3.63) is 29.8 Å². The number of benzene rings is 1. The summed E-state index contributed by atoms with van der Waals surface area (Å²) in [5.41, 5.74) is 5.56. The zero-order valence-corrected chi connectivity index (χ0v) is 8.77. The topological polar surface area (TPSA) is 35.2 Å². The van der Waals surface area contributed by atoms with Gasteiger partial charge in [0.2, 0.25) is 0 Å². The molecule has 0 heterocycles. The summed E-state index contributed by atoms with van der Waals surface area (Å²) in [6, 6.07) is 3.72. The van der Waals surface area contributed by atoms with Crippen LogP contribution in [0.2, 0.25) is 0 Å². The molecule has 2 N–H and O–H groups in total. The molecule has 0 spiro atoms. The van der Waals surface area contributed by atoms with Gasteiger partial charge in [-0.3, -0.25) is 0 Å². The number of hydrogen-bond donors (Lipinski definition) is 1. The molecule has 0 aliphatic heterocycles. The first kappa shape index (κ1) is 12.2. The van der Waals surface area contributed by atoms with Crippen molar-refractivity contribution in [2.75, 3.05) is 0 Å². The standard InChI is InChI=1S/C10H11F2NO.ClH/c11-9-2-1-7(5-10(9)12)14-8-3-6(13)4-8;/h1-2,5-6,8H,3-4,13H2;1H. The molecule has 1 aliphatic rings. The molecule has 1 aromatic carbocycles. The highest BCUT2D eigenvalue weighted by Crippen LogP contribution is 2.25. The van der Waals surface area contributed by atoms with Gasteiger partial charge in [-0.2, -0.15) is 0 Å². The molecule has 0 unspecified atom stereocenters. The first-order valence-corrected chi connectivity index (χ1v) is 4.52. The highest BCUT2D eigenvalue weighted by Gasteiger charge is 2.27. The minimum absolute atomic E-state index is 0. The molecule has 1 aromatic rings. The van der Waals surface area contributed by atoms with Crippen LogP contribution in [0.3, 0.4) is 0 Å². The fraction of sp³-hybridized carbons (Fsp3) is 0.400. The monoisotopic (exact) mass is 235 g/mol. The number of nitrogens with two attached hydrogens (primary N) is 1. The van der Waals surface area contributed by atoms with Crippen LogP contribution in [0.4, 0.5) is 8.78 Å². The molecule has 2 nitrogen and oxygen atoms in total. The van der Waals surface area contributed by atoms with E-state index < -0.39 is 11.6 Å². The van der Waals surface area contributed by atoms with Crippen molar-refractivity contribution >= 4 is 12.4 Å². The molecule has 0 amide bonds. The summed E-state index contributed by atoms with van der Waals surface area (Å²) in [6.07, 6.45) is 1.60. The molecule has 5 heteroatoms. The summed E-state index contributed by atoms with van der Waals surface area (Å²) in [5.74, 6) is -1.38. The van der Waals surface area contributed by atoms with Gasteiger partial charge in [0.05, 0.1) is 0 Å². The lowest BCUT2D eigenvalue weighted by Crippen LogP contribution is -2.43. The van der Waals surface area contributed by atoms with Crippen molar-refractivity contribution in [1.29, 1.82) is 0 Å². The molecule has 0 atom stereocenters. The average molecular weight is 236 g/mol. The third kappa shape index (κ3) is 2.79. The molecule has 0 radical (unpaired) electrons. The summed E-state index contributed by atoms with van der Waals surface area (Å²) in [6.45, 7) is 0. The SMILES string of the molecule is Cl.NC1CC(Oc2ccc(F)c(F)c2)C1. The fourth-order valence-corrected chi connectivity index (χ4v) is 1.45. The molecule has 0 saturated heterocycles. The summed E-state index contributed by atoms with van der Waals surface area (Å²) in [4.78, 5) is 0. The molecule has 0 aromatic heterocycles. The number of halogens is 3. The van der Waals surface area contributed by atoms with Crippen LogP contribution in [0.25, 0.3) is 0 Å². The Hall–Kier alpha value is -0.870. The lowest BCUT2D eigenvalue weighted by atomic mass is 9.90. The van der Waals surface area contributed by atoms with Crippen molar-refractivity contribution < 1.29 is 13.5 Å². The zero-order chi connectivity index (χ0) is 10.1. The third-order valence-electron chi connectivity index (χ3n) is 2.33. The van der Waals surface area contributed by atoms with Gasteiger partial charge in [0.1, 0.15) is 11.9 Å². The fourth-order valence-electron chi connectivity index (χ4n) is 1.45. The molecule has 1 saturated carbocycles. The summed E-state index contributed by atoms with van der Waals surface area (Å²) in [5, 5.41) is 0. The average Bonchev–Trinajstić information content (AvgIpc) is 2.09. The summed E-state index contributed by atoms with van der Waals surface area (Å²) in [7, 11) is 0. The second-order valence-corrected chi connectivity index (χ2v) is 3.55. The Balaban J connectivity index is 0.00000112. The van der Waals surface area contributed by atoms with Crippen LogP contribution >= 0.6 is 12.4 Å². The Morgan fingerprint density at radius 1 is 1.20 bits per heavy atom. The van der Waals surface area contributed by atoms with E-state index in [-0.39, 0.29) is 24.6 Å². The van der Waals surface area contributed by atoms with E-state index in [4.69, 9.17) is 10.5 Å². The van der Waals surface area contributed by atoms with Crippen LogP contribution in [0.15, 0.2) is 18.2 Å². The Morgan fingerprint density at radius 3 is 2.40 bits per heavy atom. The number of rotatable bonds is 2. The largest absolute Gasteiger partial charge is 0.490 e. The molecular formula is C10H12ClF2NO. The Labute approximate surface area is 92.8 Å². The van der Waals surface area contributed by atoms with E-state index in [0.29, 0.717) is 5.75 Å². The van der Waals surface area contributed by atoms with Crippen LogP contribution in [-0.2, 0) is 0 Å². The minimum Gasteiger partial charge on any atom is -0.490 e. The van der Waals surface area contributed by atoms with E-state index in [2.05, 4.69) is 0 Å². The van der Waals surface area contributed by atoms with Gasteiger partial charge in [0.25, 0.3) is 0 Å². The van der Waals surface area contributed by atoms with Crippen LogP contribution in [0.1, 0.15) is 12.8 Å². The quantitative estimate of drug-likeness (QED) is 0.854. The molecule has 1 fully saturated rings. The van der Waals surface area contributed by atoms with Gasteiger partial charge in [-0.15, -0.1) is 12.4 Å². The van der Waals surface area contributed by atoms with Gasteiger partial charge in [0, 0.05) is 12.1 Å². The molecule has 1 aliphatic carbocycles. The van der Waals surface area contributed by atoms with E-state index in [1.54, 1.807) is 0 Å². The normalized spacial score (nSPS) is 23.9. The highest BCUT2D eigenvalue weighted by molar-refractivity contribution is 5.85. The van der Waals surface area contributed by atoms with Crippen molar-refractivity contribution in [2.45, 2.75) is 25.0 Å². The molecule has 84 valence electrons. The van der Waals surface area contributed by atoms with Gasteiger partial charge in [-0.05, 0) is 25.0 Å². The first-order valence-electron chi connectivity index (χ1n) is 4.52. The Bertz CT molecular complexity index is 342. The summed E-state index contributed by atoms with van der Waals surface area (Å²) < 4.78 is 30.7. The van der Waals surface area contributed by atoms with E-state index >= 15 is 0 Å². The van der Waals surface area contributed by atoms with Gasteiger partial charge in [0.15, 0.2) is 11.6 Å². The van der Waals surface area contributed by atoms with Crippen molar-refractivity contribution in [3.63, 3.8) is 0 Å². The second kappa shape index (κ2) is 4.77. The van der Waals surface area contributed by atoms with Crippen LogP contribution in [0, 0.1) is 11.6 Å². The Morgan fingerprint density at radius 2 is 1.87 bits per heavy atom. The van der Waals surface area contributed by atoms with Gasteiger partial charge in [-0.1, -0.05) is 0 Å². The van der Waals surface area contributed by atoms with Crippen molar-refractivity contribution in [2.24, 2.45) is 5.73 Å². The Kier molecular flexibility index (Phi) is 3.88. The highest BCUT2D eigenvalue weighted by atomic mass is 35.5. The molecule has 2 rings (SSSR count). The van der Waals surface area contributed by atoms with Gasteiger partial charge < -0.3 is 10.5 Å². The van der Waals surface area contributed by atoms with Gasteiger partial charge >= 0.3 is 0 Å². The summed E-state index contributed by atoms with van der Waals surface area (Å²) >= 11 is 0. The molecule has 15 heavy (non-hydrogen) atoms. The first-order chi connectivity index (χ1) is 6.65. The van der Waals surface area contributed by atoms with E-state index in [1.165, 1.54) is 6.07 Å². The molecular weight excluding hydrogens is 224 g/mol. The van der Waals surface area contributed by atoms with E-state index in [0.717, 1.165) is 25.0 Å². The van der Waals surface area contributed by atoms with Crippen molar-refractivity contribution in [3.8, 4) is 5.75 Å². The predicted molar refractivity (Wildman–Crippen MR) is 55.2 cm³/mol. The minimum atomic E-state index is -0.883. The van der Waals surface area contributed by atoms with E-state index in [9.17, 15) is 8.78 Å².